The second-order valence-corrected chi connectivity index (χ2v) is 6.27. The van der Waals surface area contributed by atoms with Crippen LogP contribution in [0.15, 0.2) is 57.6 Å². The van der Waals surface area contributed by atoms with Crippen LogP contribution in [-0.2, 0) is 9.53 Å². The molecule has 0 spiro atoms. The van der Waals surface area contributed by atoms with Crippen molar-refractivity contribution in [3.05, 3.63) is 73.8 Å². The van der Waals surface area contributed by atoms with E-state index in [1.165, 1.54) is 0 Å². The topological polar surface area (TPSA) is 38.7 Å². The molecule has 3 rings (SSSR count). The molecule has 1 aliphatic heterocycles. The van der Waals surface area contributed by atoms with E-state index in [0.717, 1.165) is 10.0 Å². The molecule has 2 aromatic carbocycles. The van der Waals surface area contributed by atoms with Crippen LogP contribution in [0.3, 0.4) is 0 Å². The van der Waals surface area contributed by atoms with Crippen LogP contribution in [0.4, 0.5) is 0 Å². The predicted molar refractivity (Wildman–Crippen MR) is 91.2 cm³/mol. The van der Waals surface area contributed by atoms with Gasteiger partial charge in [0.1, 0.15) is 0 Å². The molecule has 110 valence electrons. The first-order chi connectivity index (χ1) is 10.5. The first kappa shape index (κ1) is 15.3. The van der Waals surface area contributed by atoms with Gasteiger partial charge in [0.05, 0.1) is 10.6 Å². The monoisotopic (exact) mass is 395 g/mol. The average molecular weight is 397 g/mol. The minimum Gasteiger partial charge on any atom is -0.402 e. The van der Waals surface area contributed by atoms with Gasteiger partial charge in [0.15, 0.2) is 5.70 Å². The normalized spacial score (nSPS) is 15.9. The third-order valence-electron chi connectivity index (χ3n) is 2.96. The predicted octanol–water partition coefficient (Wildman–Crippen LogP) is 5.10. The van der Waals surface area contributed by atoms with Crippen LogP contribution in [0.2, 0.25) is 10.0 Å². The Labute approximate surface area is 145 Å². The summed E-state index contributed by atoms with van der Waals surface area (Å²) < 4.78 is 6.14. The number of cyclic esters (lactones) is 1. The lowest BCUT2D eigenvalue weighted by Crippen LogP contribution is -2.05. The molecule has 1 heterocycles. The minimum atomic E-state index is -0.510. The molecule has 0 N–H and O–H groups in total. The van der Waals surface area contributed by atoms with Crippen LogP contribution < -0.4 is 0 Å². The number of hydrogen-bond acceptors (Lipinski definition) is 3. The van der Waals surface area contributed by atoms with Crippen molar-refractivity contribution in [2.24, 2.45) is 4.99 Å². The van der Waals surface area contributed by atoms with Crippen LogP contribution >= 0.6 is 39.1 Å². The number of nitrogens with zero attached hydrogens (tertiary/aromatic N) is 1. The molecule has 2 aromatic rings. The van der Waals surface area contributed by atoms with Crippen molar-refractivity contribution in [2.45, 2.75) is 0 Å². The summed E-state index contributed by atoms with van der Waals surface area (Å²) in [6.45, 7) is 0. The molecule has 0 saturated carbocycles. The lowest BCUT2D eigenvalue weighted by Gasteiger charge is -2.02. The number of benzene rings is 2. The second-order valence-electron chi connectivity index (χ2n) is 4.51. The molecule has 0 aliphatic carbocycles. The van der Waals surface area contributed by atoms with Crippen molar-refractivity contribution in [1.29, 1.82) is 0 Å². The summed E-state index contributed by atoms with van der Waals surface area (Å²) in [6.07, 6.45) is 1.66. The zero-order chi connectivity index (χ0) is 15.7. The number of halogens is 3. The molecule has 0 unspecified atom stereocenters. The molecular formula is C16H8BrCl2NO2. The zero-order valence-corrected chi connectivity index (χ0v) is 14.1. The summed E-state index contributed by atoms with van der Waals surface area (Å²) >= 11 is 15.3. The molecule has 6 heteroatoms. The average Bonchev–Trinajstić information content (AvgIpc) is 2.82. The molecule has 1 aliphatic rings. The Morgan fingerprint density at radius 2 is 1.82 bits per heavy atom. The first-order valence-electron chi connectivity index (χ1n) is 6.26. The van der Waals surface area contributed by atoms with E-state index in [9.17, 15) is 4.79 Å². The smallest absolute Gasteiger partial charge is 0.363 e. The Kier molecular flexibility index (Phi) is 4.34. The lowest BCUT2D eigenvalue weighted by atomic mass is 10.2. The van der Waals surface area contributed by atoms with E-state index in [0.29, 0.717) is 15.6 Å². The zero-order valence-electron chi connectivity index (χ0n) is 11.0. The maximum atomic E-state index is 11.9. The molecular weight excluding hydrogens is 389 g/mol. The van der Waals surface area contributed by atoms with Crippen molar-refractivity contribution in [3.63, 3.8) is 0 Å². The second kappa shape index (κ2) is 6.24. The summed E-state index contributed by atoms with van der Waals surface area (Å²) in [5.41, 5.74) is 1.60. The maximum Gasteiger partial charge on any atom is 0.363 e. The number of ether oxygens (including phenoxy) is 1. The maximum absolute atomic E-state index is 11.9. The fourth-order valence-electron chi connectivity index (χ4n) is 1.90. The Balaban J connectivity index is 1.96. The number of aliphatic imine (C=N–C) groups is 1. The van der Waals surface area contributed by atoms with Gasteiger partial charge in [0.25, 0.3) is 0 Å². The van der Waals surface area contributed by atoms with Crippen LogP contribution in [0.1, 0.15) is 11.1 Å². The summed E-state index contributed by atoms with van der Waals surface area (Å²) in [5, 5.41) is 0.883. The fraction of sp³-hybridized carbons (Fsp3) is 0. The van der Waals surface area contributed by atoms with Crippen molar-refractivity contribution in [1.82, 2.24) is 0 Å². The highest BCUT2D eigenvalue weighted by Gasteiger charge is 2.25. The SMILES string of the molecule is O=C1OC(c2ccc(Cl)cc2Cl)=NC1=Cc1ccc(Br)cc1. The third kappa shape index (κ3) is 3.24. The van der Waals surface area contributed by atoms with Gasteiger partial charge in [-0.05, 0) is 42.0 Å². The molecule has 0 fully saturated rings. The van der Waals surface area contributed by atoms with Gasteiger partial charge in [-0.1, -0.05) is 51.3 Å². The van der Waals surface area contributed by atoms with E-state index in [1.54, 1.807) is 24.3 Å². The van der Waals surface area contributed by atoms with Gasteiger partial charge in [0, 0.05) is 9.50 Å². The summed E-state index contributed by atoms with van der Waals surface area (Å²) in [5.74, 6) is -0.334. The molecule has 22 heavy (non-hydrogen) atoms. The van der Waals surface area contributed by atoms with E-state index >= 15 is 0 Å². The first-order valence-corrected chi connectivity index (χ1v) is 7.81. The third-order valence-corrected chi connectivity index (χ3v) is 4.03. The highest BCUT2D eigenvalue weighted by atomic mass is 79.9. The number of hydrogen-bond donors (Lipinski definition) is 0. The lowest BCUT2D eigenvalue weighted by molar-refractivity contribution is -0.129. The Bertz CT molecular complexity index is 813. The highest BCUT2D eigenvalue weighted by Crippen LogP contribution is 2.26. The Hall–Kier alpha value is -1.62. The number of carbonyl (C=O) groups excluding carboxylic acids is 1. The largest absolute Gasteiger partial charge is 0.402 e. The van der Waals surface area contributed by atoms with E-state index < -0.39 is 5.97 Å². The van der Waals surface area contributed by atoms with Crippen molar-refractivity contribution in [3.8, 4) is 0 Å². The quantitative estimate of drug-likeness (QED) is 0.523. The molecule has 0 bridgehead atoms. The van der Waals surface area contributed by atoms with Gasteiger partial charge < -0.3 is 4.74 Å². The molecule has 0 saturated heterocycles. The molecule has 0 aromatic heterocycles. The van der Waals surface area contributed by atoms with Crippen molar-refractivity contribution in [2.75, 3.05) is 0 Å². The van der Waals surface area contributed by atoms with Gasteiger partial charge in [-0.25, -0.2) is 9.79 Å². The fourth-order valence-corrected chi connectivity index (χ4v) is 2.66. The highest BCUT2D eigenvalue weighted by molar-refractivity contribution is 9.10. The molecule has 0 atom stereocenters. The van der Waals surface area contributed by atoms with Crippen molar-refractivity contribution < 1.29 is 9.53 Å². The van der Waals surface area contributed by atoms with Crippen LogP contribution in [0, 0.1) is 0 Å². The Morgan fingerprint density at radius 1 is 1.09 bits per heavy atom. The number of esters is 1. The number of carbonyl (C=O) groups is 1. The summed E-state index contributed by atoms with van der Waals surface area (Å²) in [6, 6.07) is 12.4. The molecule has 0 amide bonds. The van der Waals surface area contributed by atoms with E-state index in [-0.39, 0.29) is 11.6 Å². The van der Waals surface area contributed by atoms with Crippen LogP contribution in [0.25, 0.3) is 6.08 Å². The Morgan fingerprint density at radius 3 is 2.50 bits per heavy atom. The summed E-state index contributed by atoms with van der Waals surface area (Å²) in [7, 11) is 0. The number of rotatable bonds is 2. The van der Waals surface area contributed by atoms with E-state index in [1.807, 2.05) is 24.3 Å². The van der Waals surface area contributed by atoms with Gasteiger partial charge in [-0.2, -0.15) is 0 Å². The van der Waals surface area contributed by atoms with Gasteiger partial charge in [-0.15, -0.1) is 0 Å². The van der Waals surface area contributed by atoms with Crippen molar-refractivity contribution >= 4 is 57.1 Å². The molecule has 0 radical (unpaired) electrons. The van der Waals surface area contributed by atoms with Gasteiger partial charge in [-0.3, -0.25) is 0 Å². The minimum absolute atomic E-state index is 0.176. The van der Waals surface area contributed by atoms with Crippen LogP contribution in [0.5, 0.6) is 0 Å². The van der Waals surface area contributed by atoms with E-state index in [4.69, 9.17) is 27.9 Å². The van der Waals surface area contributed by atoms with Crippen LogP contribution in [-0.4, -0.2) is 11.9 Å². The standard InChI is InChI=1S/C16H8BrCl2NO2/c17-10-3-1-9(2-4-10)7-14-16(21)22-15(20-14)12-6-5-11(18)8-13(12)19/h1-8H. The van der Waals surface area contributed by atoms with Gasteiger partial charge in [0.2, 0.25) is 5.90 Å². The summed E-state index contributed by atoms with van der Waals surface area (Å²) in [4.78, 5) is 16.1. The van der Waals surface area contributed by atoms with E-state index in [2.05, 4.69) is 20.9 Å². The molecule has 3 nitrogen and oxygen atoms in total. The van der Waals surface area contributed by atoms with Gasteiger partial charge >= 0.3 is 5.97 Å².